The first-order valence-electron chi connectivity index (χ1n) is 7.29. The molecule has 5 nitrogen and oxygen atoms in total. The Kier molecular flexibility index (Phi) is 6.67. The number of ketones is 1. The average molecular weight is 383 g/mol. The summed E-state index contributed by atoms with van der Waals surface area (Å²) in [7, 11) is 3.04. The lowest BCUT2D eigenvalue weighted by Crippen LogP contribution is -2.16. The molecule has 0 heterocycles. The number of halogens is 2. The second kappa shape index (κ2) is 8.74. The summed E-state index contributed by atoms with van der Waals surface area (Å²) >= 11 is 11.7. The summed E-state index contributed by atoms with van der Waals surface area (Å²) in [6, 6.07) is 9.57. The van der Waals surface area contributed by atoms with Gasteiger partial charge in [-0.1, -0.05) is 29.3 Å². The number of benzene rings is 2. The Morgan fingerprint density at radius 3 is 2.36 bits per heavy atom. The van der Waals surface area contributed by atoms with Crippen LogP contribution in [-0.2, 0) is 16.0 Å². The summed E-state index contributed by atoms with van der Waals surface area (Å²) in [5.41, 5.74) is 0.958. The third-order valence-electron chi connectivity index (χ3n) is 3.43. The van der Waals surface area contributed by atoms with Crippen molar-refractivity contribution < 1.29 is 23.8 Å². The molecule has 0 saturated heterocycles. The molecule has 0 radical (unpaired) electrons. The van der Waals surface area contributed by atoms with Crippen molar-refractivity contribution in [2.24, 2.45) is 0 Å². The maximum absolute atomic E-state index is 12.1. The normalized spacial score (nSPS) is 10.2. The largest absolute Gasteiger partial charge is 0.497 e. The van der Waals surface area contributed by atoms with Gasteiger partial charge in [-0.25, -0.2) is 0 Å². The van der Waals surface area contributed by atoms with E-state index in [2.05, 4.69) is 0 Å². The van der Waals surface area contributed by atoms with Gasteiger partial charge in [-0.3, -0.25) is 9.59 Å². The van der Waals surface area contributed by atoms with E-state index in [9.17, 15) is 9.59 Å². The van der Waals surface area contributed by atoms with Crippen LogP contribution in [0.3, 0.4) is 0 Å². The molecule has 0 aliphatic carbocycles. The molecule has 2 rings (SSSR count). The van der Waals surface area contributed by atoms with Crippen LogP contribution in [0.1, 0.15) is 15.9 Å². The van der Waals surface area contributed by atoms with E-state index in [1.54, 1.807) is 18.2 Å². The maximum atomic E-state index is 12.1. The monoisotopic (exact) mass is 382 g/mol. The van der Waals surface area contributed by atoms with Gasteiger partial charge in [-0.05, 0) is 24.3 Å². The SMILES string of the molecule is COc1ccc(CC(=O)OCC(=O)c2ccc(Cl)c(Cl)c2)c(OC)c1. The van der Waals surface area contributed by atoms with Gasteiger partial charge in [0, 0.05) is 17.2 Å². The molecule has 0 aliphatic heterocycles. The van der Waals surface area contributed by atoms with Gasteiger partial charge in [0.25, 0.3) is 0 Å². The molecule has 0 spiro atoms. The van der Waals surface area contributed by atoms with E-state index in [-0.39, 0.29) is 23.8 Å². The van der Waals surface area contributed by atoms with Crippen molar-refractivity contribution in [3.8, 4) is 11.5 Å². The predicted molar refractivity (Wildman–Crippen MR) is 95.0 cm³/mol. The topological polar surface area (TPSA) is 61.8 Å². The van der Waals surface area contributed by atoms with Crippen molar-refractivity contribution in [1.82, 2.24) is 0 Å². The van der Waals surface area contributed by atoms with Crippen molar-refractivity contribution >= 4 is 35.0 Å². The fourth-order valence-electron chi connectivity index (χ4n) is 2.10. The van der Waals surface area contributed by atoms with Gasteiger partial charge in [0.15, 0.2) is 12.4 Å². The van der Waals surface area contributed by atoms with Crippen molar-refractivity contribution in [2.75, 3.05) is 20.8 Å². The Hall–Kier alpha value is -2.24. The van der Waals surface area contributed by atoms with Crippen LogP contribution in [0, 0.1) is 0 Å². The Bertz CT molecular complexity index is 789. The molecule has 132 valence electrons. The summed E-state index contributed by atoms with van der Waals surface area (Å²) in [4.78, 5) is 24.0. The molecule has 2 aromatic carbocycles. The molecular weight excluding hydrogens is 367 g/mol. The lowest BCUT2D eigenvalue weighted by atomic mass is 10.1. The highest BCUT2D eigenvalue weighted by Crippen LogP contribution is 2.25. The Morgan fingerprint density at radius 2 is 1.72 bits per heavy atom. The lowest BCUT2D eigenvalue weighted by molar-refractivity contribution is -0.141. The average Bonchev–Trinajstić information content (AvgIpc) is 2.62. The van der Waals surface area contributed by atoms with Crippen LogP contribution in [0.25, 0.3) is 0 Å². The second-order valence-electron chi connectivity index (χ2n) is 5.07. The first-order valence-corrected chi connectivity index (χ1v) is 8.05. The van der Waals surface area contributed by atoms with Crippen LogP contribution >= 0.6 is 23.2 Å². The van der Waals surface area contributed by atoms with Crippen molar-refractivity contribution in [3.63, 3.8) is 0 Å². The summed E-state index contributed by atoms with van der Waals surface area (Å²) in [6.45, 7) is -0.380. The van der Waals surface area contributed by atoms with Crippen molar-refractivity contribution in [3.05, 3.63) is 57.6 Å². The van der Waals surface area contributed by atoms with E-state index in [1.165, 1.54) is 32.4 Å². The van der Waals surface area contributed by atoms with Gasteiger partial charge < -0.3 is 14.2 Å². The Balaban J connectivity index is 1.96. The number of carbonyl (C=O) groups excluding carboxylic acids is 2. The molecule has 0 aliphatic rings. The molecule has 0 fully saturated rings. The van der Waals surface area contributed by atoms with Crippen LogP contribution in [0.15, 0.2) is 36.4 Å². The van der Waals surface area contributed by atoms with E-state index in [4.69, 9.17) is 37.4 Å². The summed E-state index contributed by atoms with van der Waals surface area (Å²) < 4.78 is 15.4. The summed E-state index contributed by atoms with van der Waals surface area (Å²) in [5, 5.41) is 0.614. The number of hydrogen-bond donors (Lipinski definition) is 0. The van der Waals surface area contributed by atoms with Gasteiger partial charge in [-0.2, -0.15) is 0 Å². The smallest absolute Gasteiger partial charge is 0.310 e. The number of carbonyl (C=O) groups is 2. The van der Waals surface area contributed by atoms with Gasteiger partial charge in [0.2, 0.25) is 0 Å². The minimum Gasteiger partial charge on any atom is -0.497 e. The molecule has 0 saturated carbocycles. The van der Waals surface area contributed by atoms with Crippen molar-refractivity contribution in [2.45, 2.75) is 6.42 Å². The highest BCUT2D eigenvalue weighted by Gasteiger charge is 2.14. The third kappa shape index (κ3) is 5.11. The standard InChI is InChI=1S/C18H16Cl2O5/c1-23-13-5-3-12(17(9-13)24-2)8-18(22)25-10-16(21)11-4-6-14(19)15(20)7-11/h3-7,9H,8,10H2,1-2H3. The first-order chi connectivity index (χ1) is 11.9. The molecule has 0 amide bonds. The number of hydrogen-bond acceptors (Lipinski definition) is 5. The predicted octanol–water partition coefficient (Wildman–Crippen LogP) is 3.98. The van der Waals surface area contributed by atoms with Gasteiger partial charge in [-0.15, -0.1) is 0 Å². The third-order valence-corrected chi connectivity index (χ3v) is 4.17. The fourth-order valence-corrected chi connectivity index (χ4v) is 2.40. The van der Waals surface area contributed by atoms with E-state index >= 15 is 0 Å². The molecule has 0 aromatic heterocycles. The van der Waals surface area contributed by atoms with Gasteiger partial charge in [0.05, 0.1) is 30.7 Å². The van der Waals surface area contributed by atoms with Gasteiger partial charge >= 0.3 is 5.97 Å². The zero-order chi connectivity index (χ0) is 18.4. The van der Waals surface area contributed by atoms with E-state index in [0.717, 1.165) is 0 Å². The van der Waals surface area contributed by atoms with Gasteiger partial charge in [0.1, 0.15) is 11.5 Å². The molecule has 0 unspecified atom stereocenters. The minimum atomic E-state index is -0.545. The highest BCUT2D eigenvalue weighted by molar-refractivity contribution is 6.42. The number of esters is 1. The number of methoxy groups -OCH3 is 2. The fraction of sp³-hybridized carbons (Fsp3) is 0.222. The Morgan fingerprint density at radius 1 is 0.960 bits per heavy atom. The number of rotatable bonds is 7. The maximum Gasteiger partial charge on any atom is 0.310 e. The lowest BCUT2D eigenvalue weighted by Gasteiger charge is -2.10. The van der Waals surface area contributed by atoms with E-state index < -0.39 is 5.97 Å². The molecule has 2 aromatic rings. The van der Waals surface area contributed by atoms with Crippen LogP contribution in [0.2, 0.25) is 10.0 Å². The zero-order valence-electron chi connectivity index (χ0n) is 13.7. The summed E-state index contributed by atoms with van der Waals surface area (Å²) in [6.07, 6.45) is -0.0260. The molecule has 25 heavy (non-hydrogen) atoms. The molecule has 7 heteroatoms. The molecular formula is C18H16Cl2O5. The molecule has 0 atom stereocenters. The zero-order valence-corrected chi connectivity index (χ0v) is 15.2. The van der Waals surface area contributed by atoms with Crippen LogP contribution in [0.4, 0.5) is 0 Å². The number of Topliss-reactive ketones (excluding diaryl/α,β-unsaturated/α-hetero) is 1. The minimum absolute atomic E-state index is 0.0260. The summed E-state index contributed by atoms with van der Waals surface area (Å²) in [5.74, 6) is 0.210. The molecule has 0 bridgehead atoms. The van der Waals surface area contributed by atoms with E-state index in [1.807, 2.05) is 0 Å². The first kappa shape index (κ1) is 19.1. The molecule has 0 N–H and O–H groups in total. The highest BCUT2D eigenvalue weighted by atomic mass is 35.5. The Labute approximate surface area is 155 Å². The quantitative estimate of drug-likeness (QED) is 0.535. The van der Waals surface area contributed by atoms with Crippen LogP contribution < -0.4 is 9.47 Å². The van der Waals surface area contributed by atoms with E-state index in [0.29, 0.717) is 27.6 Å². The second-order valence-corrected chi connectivity index (χ2v) is 5.88. The van der Waals surface area contributed by atoms with Crippen LogP contribution in [-0.4, -0.2) is 32.6 Å². The van der Waals surface area contributed by atoms with Crippen LogP contribution in [0.5, 0.6) is 11.5 Å². The van der Waals surface area contributed by atoms with Crippen molar-refractivity contribution in [1.29, 1.82) is 0 Å². The number of ether oxygens (including phenoxy) is 3.